The van der Waals surface area contributed by atoms with E-state index in [-0.39, 0.29) is 23.3 Å². The van der Waals surface area contributed by atoms with Crippen LogP contribution in [-0.2, 0) is 19.1 Å². The number of carbonyl (C=O) groups excluding carboxylic acids is 2. The molecule has 1 fully saturated rings. The van der Waals surface area contributed by atoms with E-state index >= 15 is 0 Å². The lowest BCUT2D eigenvalue weighted by atomic mass is 9.54. The monoisotopic (exact) mass is 733 g/mol. The largest absolute Gasteiger partial charge is 0.466 e. The number of hydrogen-bond donors (Lipinski definition) is 0. The Morgan fingerprint density at radius 1 is 0.519 bits per heavy atom. The second kappa shape index (κ2) is 27.5. The fraction of sp³-hybridized carbons (Fsp3) is 0.958. The van der Waals surface area contributed by atoms with E-state index in [2.05, 4.69) is 69.2 Å². The molecular weight excluding hydrogens is 641 g/mol. The lowest BCUT2D eigenvalue weighted by Gasteiger charge is -2.50. The Kier molecular flexibility index (Phi) is 25.9. The minimum Gasteiger partial charge on any atom is -0.466 e. The van der Waals surface area contributed by atoms with Gasteiger partial charge in [-0.25, -0.2) is 0 Å². The molecule has 0 amide bonds. The summed E-state index contributed by atoms with van der Waals surface area (Å²) in [7, 11) is 0. The van der Waals surface area contributed by atoms with E-state index in [0.717, 1.165) is 61.2 Å². The number of esters is 2. The molecule has 0 aliphatic heterocycles. The smallest absolute Gasteiger partial charge is 0.309 e. The maximum absolute atomic E-state index is 13.7. The molecule has 52 heavy (non-hydrogen) atoms. The third-order valence-electron chi connectivity index (χ3n) is 13.2. The molecule has 7 unspecified atom stereocenters. The van der Waals surface area contributed by atoms with Crippen LogP contribution in [-0.4, -0.2) is 25.2 Å². The fourth-order valence-corrected chi connectivity index (χ4v) is 9.88. The zero-order valence-corrected chi connectivity index (χ0v) is 37.2. The van der Waals surface area contributed by atoms with Crippen LogP contribution in [0.5, 0.6) is 0 Å². The van der Waals surface area contributed by atoms with Gasteiger partial charge in [-0.15, -0.1) is 0 Å². The van der Waals surface area contributed by atoms with Crippen LogP contribution in [0.3, 0.4) is 0 Å². The molecule has 4 heteroatoms. The zero-order chi connectivity index (χ0) is 39.1. The van der Waals surface area contributed by atoms with Crippen LogP contribution in [0.1, 0.15) is 218 Å². The molecule has 0 saturated heterocycles. The molecule has 7 atom stereocenters. The van der Waals surface area contributed by atoms with E-state index in [4.69, 9.17) is 9.47 Å². The summed E-state index contributed by atoms with van der Waals surface area (Å²) in [5, 5.41) is 0. The van der Waals surface area contributed by atoms with Crippen molar-refractivity contribution in [1.82, 2.24) is 0 Å². The first-order valence-corrected chi connectivity index (χ1v) is 23.0. The lowest BCUT2D eigenvalue weighted by Crippen LogP contribution is -2.47. The second-order valence-corrected chi connectivity index (χ2v) is 19.3. The average molecular weight is 733 g/mol. The Hall–Kier alpha value is -1.06. The van der Waals surface area contributed by atoms with Gasteiger partial charge in [0, 0.05) is 0 Å². The fourth-order valence-electron chi connectivity index (χ4n) is 9.88. The molecule has 0 aromatic heterocycles. The van der Waals surface area contributed by atoms with Crippen LogP contribution >= 0.6 is 0 Å². The normalized spacial score (nSPS) is 22.4. The van der Waals surface area contributed by atoms with Gasteiger partial charge in [-0.1, -0.05) is 178 Å². The van der Waals surface area contributed by atoms with E-state index in [1.165, 1.54) is 109 Å². The molecular formula is C48H92O4. The predicted octanol–water partition coefficient (Wildman–Crippen LogP) is 14.7. The maximum atomic E-state index is 13.7. The number of rotatable bonds is 30. The molecule has 0 aromatic carbocycles. The first-order valence-electron chi connectivity index (χ1n) is 23.0. The molecule has 1 aliphatic rings. The highest BCUT2D eigenvalue weighted by molar-refractivity contribution is 5.82. The van der Waals surface area contributed by atoms with Crippen molar-refractivity contribution in [2.24, 2.45) is 64.6 Å². The van der Waals surface area contributed by atoms with Crippen LogP contribution in [0.2, 0.25) is 0 Å². The van der Waals surface area contributed by atoms with Crippen molar-refractivity contribution in [2.75, 3.05) is 13.2 Å². The summed E-state index contributed by atoms with van der Waals surface area (Å²) in [5.41, 5.74) is 0.188. The SMILES string of the molecule is CCOC(=O)C1CC(CCCC(C)CCCC(C)C)C(C(CC)(CCCC(C)CCCC(C)C)CCCC(C)CCCC(C)C)CC1C(=O)OCC. The second-order valence-electron chi connectivity index (χ2n) is 19.3. The van der Waals surface area contributed by atoms with Gasteiger partial charge in [0.15, 0.2) is 0 Å². The van der Waals surface area contributed by atoms with Gasteiger partial charge in [0.25, 0.3) is 0 Å². The standard InChI is InChI=1S/C48H92O4/c1-13-48(32-20-29-40(11)26-17-23-37(6)7,33-21-30-41(12)27-18-24-38(8)9)45-35-44(47(50)52-15-3)43(46(49)51-14-2)34-42(45)31-19-28-39(10)25-16-22-36(4)5/h36-45H,13-35H2,1-12H3. The molecule has 0 spiro atoms. The Bertz CT molecular complexity index is 882. The summed E-state index contributed by atoms with van der Waals surface area (Å²) >= 11 is 0. The molecule has 0 heterocycles. The molecule has 308 valence electrons. The number of hydrogen-bond acceptors (Lipinski definition) is 4. The minimum atomic E-state index is -0.397. The topological polar surface area (TPSA) is 52.6 Å². The Labute approximate surface area is 325 Å². The highest BCUT2D eigenvalue weighted by Gasteiger charge is 2.51. The van der Waals surface area contributed by atoms with Gasteiger partial charge in [0.05, 0.1) is 25.0 Å². The van der Waals surface area contributed by atoms with Crippen molar-refractivity contribution in [3.05, 3.63) is 0 Å². The van der Waals surface area contributed by atoms with E-state index in [9.17, 15) is 9.59 Å². The average Bonchev–Trinajstić information content (AvgIpc) is 3.07. The molecule has 4 nitrogen and oxygen atoms in total. The van der Waals surface area contributed by atoms with Crippen molar-refractivity contribution in [3.63, 3.8) is 0 Å². The van der Waals surface area contributed by atoms with Crippen LogP contribution < -0.4 is 0 Å². The summed E-state index contributed by atoms with van der Waals surface area (Å²) in [5.74, 6) is 4.32. The van der Waals surface area contributed by atoms with Crippen LogP contribution in [0.4, 0.5) is 0 Å². The summed E-state index contributed by atoms with van der Waals surface area (Å²) in [6.45, 7) is 28.4. The van der Waals surface area contributed by atoms with Gasteiger partial charge in [-0.2, -0.15) is 0 Å². The number of ether oxygens (including phenoxy) is 2. The summed E-state index contributed by atoms with van der Waals surface area (Å²) in [6, 6.07) is 0. The third-order valence-corrected chi connectivity index (χ3v) is 13.2. The van der Waals surface area contributed by atoms with Gasteiger partial charge in [-0.3, -0.25) is 9.59 Å². The molecule has 1 saturated carbocycles. The highest BCUT2D eigenvalue weighted by atomic mass is 16.5. The quantitative estimate of drug-likeness (QED) is 0.0690. The van der Waals surface area contributed by atoms with Crippen molar-refractivity contribution < 1.29 is 19.1 Å². The van der Waals surface area contributed by atoms with Gasteiger partial charge in [0.2, 0.25) is 0 Å². The van der Waals surface area contributed by atoms with Crippen LogP contribution in [0, 0.1) is 64.6 Å². The predicted molar refractivity (Wildman–Crippen MR) is 224 cm³/mol. The van der Waals surface area contributed by atoms with Gasteiger partial charge < -0.3 is 9.47 Å². The molecule has 0 bridgehead atoms. The lowest BCUT2D eigenvalue weighted by molar-refractivity contribution is -0.167. The third kappa shape index (κ3) is 19.5. The van der Waals surface area contributed by atoms with E-state index in [1.807, 2.05) is 13.8 Å². The molecule has 1 rings (SSSR count). The van der Waals surface area contributed by atoms with E-state index < -0.39 is 5.92 Å². The van der Waals surface area contributed by atoms with Crippen LogP contribution in [0.15, 0.2) is 0 Å². The van der Waals surface area contributed by atoms with Gasteiger partial charge in [0.1, 0.15) is 0 Å². The van der Waals surface area contributed by atoms with E-state index in [0.29, 0.717) is 25.0 Å². The zero-order valence-electron chi connectivity index (χ0n) is 37.2. The summed E-state index contributed by atoms with van der Waals surface area (Å²) in [6.07, 6.45) is 25.9. The Balaban J connectivity index is 3.40. The van der Waals surface area contributed by atoms with Crippen molar-refractivity contribution in [1.29, 1.82) is 0 Å². The maximum Gasteiger partial charge on any atom is 0.309 e. The summed E-state index contributed by atoms with van der Waals surface area (Å²) in [4.78, 5) is 27.3. The van der Waals surface area contributed by atoms with Gasteiger partial charge >= 0.3 is 11.9 Å². The Morgan fingerprint density at radius 2 is 0.885 bits per heavy atom. The highest BCUT2D eigenvalue weighted by Crippen LogP contribution is 2.55. The van der Waals surface area contributed by atoms with Gasteiger partial charge in [-0.05, 0) is 92.3 Å². The Morgan fingerprint density at radius 3 is 1.25 bits per heavy atom. The van der Waals surface area contributed by atoms with Crippen molar-refractivity contribution >= 4 is 11.9 Å². The van der Waals surface area contributed by atoms with Crippen molar-refractivity contribution in [2.45, 2.75) is 218 Å². The number of carbonyl (C=O) groups is 2. The summed E-state index contributed by atoms with van der Waals surface area (Å²) < 4.78 is 11.4. The molecule has 0 radical (unpaired) electrons. The molecule has 1 aliphatic carbocycles. The van der Waals surface area contributed by atoms with E-state index in [1.54, 1.807) is 0 Å². The first-order chi connectivity index (χ1) is 24.7. The first kappa shape index (κ1) is 49.0. The molecule has 0 aromatic rings. The van der Waals surface area contributed by atoms with Crippen molar-refractivity contribution in [3.8, 4) is 0 Å². The molecule has 0 N–H and O–H groups in total. The van der Waals surface area contributed by atoms with Crippen LogP contribution in [0.25, 0.3) is 0 Å². The minimum absolute atomic E-state index is 0.176.